The van der Waals surface area contributed by atoms with Crippen LogP contribution in [0.3, 0.4) is 0 Å². The van der Waals surface area contributed by atoms with Gasteiger partial charge in [-0.1, -0.05) is 19.3 Å². The largest absolute Gasteiger partial charge is 0.459 e. The van der Waals surface area contributed by atoms with E-state index >= 15 is 0 Å². The van der Waals surface area contributed by atoms with E-state index in [0.717, 1.165) is 31.7 Å². The third-order valence-electron chi connectivity index (χ3n) is 5.08. The molecule has 2 amide bonds. The third kappa shape index (κ3) is 6.01. The summed E-state index contributed by atoms with van der Waals surface area (Å²) in [7, 11) is 0. The predicted molar refractivity (Wildman–Crippen MR) is 106 cm³/mol. The van der Waals surface area contributed by atoms with Crippen LogP contribution in [0.4, 0.5) is 24.5 Å². The standard InChI is InChI=1S/C21H24F3N3O3/c22-21(23,24)16-11-15(27-20(29)18-7-4-10-30-18)8-9-17(16)25-13-19(28)26-12-14-5-2-1-3-6-14/h4,7-11,14,25H,1-3,5-6,12-13H2,(H,26,28)(H,27,29). The summed E-state index contributed by atoms with van der Waals surface area (Å²) in [5.41, 5.74) is -1.23. The molecule has 0 bridgehead atoms. The highest BCUT2D eigenvalue weighted by molar-refractivity contribution is 6.02. The van der Waals surface area contributed by atoms with Crippen molar-refractivity contribution < 1.29 is 27.2 Å². The summed E-state index contributed by atoms with van der Waals surface area (Å²) in [6.45, 7) is 0.276. The highest BCUT2D eigenvalue weighted by Crippen LogP contribution is 2.36. The molecule has 3 rings (SSSR count). The molecule has 0 radical (unpaired) electrons. The molecule has 0 saturated heterocycles. The fourth-order valence-corrected chi connectivity index (χ4v) is 3.50. The highest BCUT2D eigenvalue weighted by Gasteiger charge is 2.34. The van der Waals surface area contributed by atoms with E-state index in [1.54, 1.807) is 0 Å². The summed E-state index contributed by atoms with van der Waals surface area (Å²) in [5, 5.41) is 7.70. The maximum Gasteiger partial charge on any atom is 0.418 e. The minimum Gasteiger partial charge on any atom is -0.459 e. The summed E-state index contributed by atoms with van der Waals surface area (Å²) in [6.07, 6.45) is 2.28. The second-order valence-corrected chi connectivity index (χ2v) is 7.35. The molecule has 30 heavy (non-hydrogen) atoms. The summed E-state index contributed by atoms with van der Waals surface area (Å²) in [4.78, 5) is 24.0. The van der Waals surface area contributed by atoms with E-state index in [4.69, 9.17) is 4.42 Å². The van der Waals surface area contributed by atoms with Crippen molar-refractivity contribution in [2.75, 3.05) is 23.7 Å². The molecule has 3 N–H and O–H groups in total. The van der Waals surface area contributed by atoms with E-state index in [1.807, 2.05) is 0 Å². The molecule has 1 fully saturated rings. The number of carbonyl (C=O) groups is 2. The van der Waals surface area contributed by atoms with Gasteiger partial charge < -0.3 is 20.4 Å². The van der Waals surface area contributed by atoms with Crippen molar-refractivity contribution in [3.8, 4) is 0 Å². The van der Waals surface area contributed by atoms with Crippen LogP contribution in [0.1, 0.15) is 48.2 Å². The second kappa shape index (κ2) is 9.69. The van der Waals surface area contributed by atoms with Gasteiger partial charge in [0.2, 0.25) is 5.91 Å². The average Bonchev–Trinajstić information content (AvgIpc) is 3.26. The lowest BCUT2D eigenvalue weighted by Crippen LogP contribution is -2.34. The summed E-state index contributed by atoms with van der Waals surface area (Å²) < 4.78 is 45.4. The summed E-state index contributed by atoms with van der Waals surface area (Å²) >= 11 is 0. The molecular weight excluding hydrogens is 399 g/mol. The van der Waals surface area contributed by atoms with E-state index in [0.29, 0.717) is 12.5 Å². The van der Waals surface area contributed by atoms with E-state index in [2.05, 4.69) is 16.0 Å². The molecule has 2 aromatic rings. The number of amides is 2. The molecule has 9 heteroatoms. The Morgan fingerprint density at radius 3 is 2.53 bits per heavy atom. The molecule has 1 saturated carbocycles. The van der Waals surface area contributed by atoms with Gasteiger partial charge in [-0.25, -0.2) is 0 Å². The number of hydrogen-bond donors (Lipinski definition) is 3. The minimum atomic E-state index is -4.66. The van der Waals surface area contributed by atoms with Gasteiger partial charge in [-0.3, -0.25) is 9.59 Å². The normalized spacial score (nSPS) is 14.9. The molecule has 162 valence electrons. The zero-order chi connectivity index (χ0) is 21.6. The van der Waals surface area contributed by atoms with Gasteiger partial charge in [-0.2, -0.15) is 13.2 Å². The van der Waals surface area contributed by atoms with Crippen LogP contribution in [0.2, 0.25) is 0 Å². The van der Waals surface area contributed by atoms with Crippen LogP contribution in [-0.2, 0) is 11.0 Å². The van der Waals surface area contributed by atoms with Crippen LogP contribution >= 0.6 is 0 Å². The lowest BCUT2D eigenvalue weighted by atomic mass is 9.89. The lowest BCUT2D eigenvalue weighted by Gasteiger charge is -2.22. The summed E-state index contributed by atoms with van der Waals surface area (Å²) in [6, 6.07) is 6.25. The molecule has 1 aromatic carbocycles. The van der Waals surface area contributed by atoms with E-state index < -0.39 is 17.6 Å². The molecule has 1 heterocycles. The molecule has 0 atom stereocenters. The first-order valence-electron chi connectivity index (χ1n) is 9.89. The SMILES string of the molecule is O=C(CNc1ccc(NC(=O)c2ccco2)cc1C(F)(F)F)NCC1CCCCC1. The van der Waals surface area contributed by atoms with Crippen LogP contribution in [0.25, 0.3) is 0 Å². The van der Waals surface area contributed by atoms with Crippen LogP contribution < -0.4 is 16.0 Å². The molecule has 0 aliphatic heterocycles. The van der Waals surface area contributed by atoms with Crippen molar-refractivity contribution in [2.45, 2.75) is 38.3 Å². The van der Waals surface area contributed by atoms with Crippen LogP contribution in [0.15, 0.2) is 41.0 Å². The topological polar surface area (TPSA) is 83.4 Å². The maximum atomic E-state index is 13.5. The second-order valence-electron chi connectivity index (χ2n) is 7.35. The smallest absolute Gasteiger partial charge is 0.418 e. The Balaban J connectivity index is 1.60. The van der Waals surface area contributed by atoms with E-state index in [1.165, 1.54) is 36.9 Å². The van der Waals surface area contributed by atoms with Crippen LogP contribution in [-0.4, -0.2) is 24.9 Å². The van der Waals surface area contributed by atoms with Gasteiger partial charge in [0.25, 0.3) is 5.91 Å². The number of hydrogen-bond acceptors (Lipinski definition) is 4. The zero-order valence-electron chi connectivity index (χ0n) is 16.3. The number of rotatable bonds is 7. The van der Waals surface area contributed by atoms with Crippen molar-refractivity contribution in [3.63, 3.8) is 0 Å². The van der Waals surface area contributed by atoms with Crippen molar-refractivity contribution in [1.29, 1.82) is 0 Å². The van der Waals surface area contributed by atoms with Gasteiger partial charge in [0.05, 0.1) is 18.4 Å². The summed E-state index contributed by atoms with van der Waals surface area (Å²) in [5.74, 6) is -0.592. The molecular formula is C21H24F3N3O3. The number of benzene rings is 1. The monoisotopic (exact) mass is 423 g/mol. The Kier molecular flexibility index (Phi) is 7.02. The maximum absolute atomic E-state index is 13.5. The first-order valence-corrected chi connectivity index (χ1v) is 9.89. The van der Waals surface area contributed by atoms with Gasteiger partial charge in [0.15, 0.2) is 5.76 Å². The van der Waals surface area contributed by atoms with Crippen LogP contribution in [0.5, 0.6) is 0 Å². The van der Waals surface area contributed by atoms with Gasteiger partial charge in [0, 0.05) is 17.9 Å². The Morgan fingerprint density at radius 1 is 1.10 bits per heavy atom. The van der Waals surface area contributed by atoms with Crippen molar-refractivity contribution in [3.05, 3.63) is 47.9 Å². The number of furan rings is 1. The zero-order valence-corrected chi connectivity index (χ0v) is 16.3. The average molecular weight is 423 g/mol. The Labute approximate surface area is 172 Å². The first kappa shape index (κ1) is 21.7. The van der Waals surface area contributed by atoms with Crippen LogP contribution in [0, 0.1) is 5.92 Å². The molecule has 0 unspecified atom stereocenters. The number of alkyl halides is 3. The molecule has 1 aliphatic rings. The van der Waals surface area contributed by atoms with Gasteiger partial charge >= 0.3 is 6.18 Å². The first-order chi connectivity index (χ1) is 14.3. The lowest BCUT2D eigenvalue weighted by molar-refractivity contribution is -0.137. The fourth-order valence-electron chi connectivity index (χ4n) is 3.50. The van der Waals surface area contributed by atoms with Gasteiger partial charge in [0.1, 0.15) is 0 Å². The number of halogens is 3. The number of nitrogens with one attached hydrogen (secondary N) is 3. The Hall–Kier alpha value is -2.97. The fraction of sp³-hybridized carbons (Fsp3) is 0.429. The van der Waals surface area contributed by atoms with Crippen molar-refractivity contribution in [1.82, 2.24) is 5.32 Å². The third-order valence-corrected chi connectivity index (χ3v) is 5.08. The predicted octanol–water partition coefficient (Wildman–Crippen LogP) is 4.66. The van der Waals surface area contributed by atoms with E-state index in [9.17, 15) is 22.8 Å². The van der Waals surface area contributed by atoms with Gasteiger partial charge in [-0.05, 0) is 49.1 Å². The Morgan fingerprint density at radius 2 is 1.87 bits per heavy atom. The number of anilines is 2. The van der Waals surface area contributed by atoms with E-state index in [-0.39, 0.29) is 29.6 Å². The van der Waals surface area contributed by atoms with Crippen molar-refractivity contribution in [2.24, 2.45) is 5.92 Å². The molecule has 0 spiro atoms. The van der Waals surface area contributed by atoms with Gasteiger partial charge in [-0.15, -0.1) is 0 Å². The quantitative estimate of drug-likeness (QED) is 0.605. The molecule has 1 aliphatic carbocycles. The minimum absolute atomic E-state index is 0.0135. The molecule has 6 nitrogen and oxygen atoms in total. The highest BCUT2D eigenvalue weighted by atomic mass is 19.4. The van der Waals surface area contributed by atoms with Crippen molar-refractivity contribution >= 4 is 23.2 Å². The number of carbonyl (C=O) groups excluding carboxylic acids is 2. The Bertz CT molecular complexity index is 860. The molecule has 1 aromatic heterocycles.